The molecule has 0 heterocycles. The van der Waals surface area contributed by atoms with Crippen LogP contribution in [0.5, 0.6) is 0 Å². The molecule has 15 heteroatoms. The third-order valence-electron chi connectivity index (χ3n) is 3.53. The van der Waals surface area contributed by atoms with E-state index in [0.717, 1.165) is 24.3 Å². The van der Waals surface area contributed by atoms with Crippen LogP contribution < -0.4 is 4.72 Å². The Kier molecular flexibility index (Phi) is 8.41. The number of esters is 1. The highest BCUT2D eigenvalue weighted by molar-refractivity contribution is 7.89. The van der Waals surface area contributed by atoms with Gasteiger partial charge in [0.05, 0.1) is 22.3 Å². The summed E-state index contributed by atoms with van der Waals surface area (Å²) in [6, 6.07) is 1.81. The number of nitrogens with one attached hydrogen (secondary N) is 1. The van der Waals surface area contributed by atoms with E-state index < -0.39 is 51.6 Å². The van der Waals surface area contributed by atoms with Crippen LogP contribution in [0, 0.1) is 16.0 Å². The lowest BCUT2D eigenvalue weighted by molar-refractivity contribution is -0.384. The zero-order valence-corrected chi connectivity index (χ0v) is 17.0. The smallest absolute Gasteiger partial charge is 0.465 e. The number of non-ortho nitro benzene ring substituents is 1. The second kappa shape index (κ2) is 9.89. The summed E-state index contributed by atoms with van der Waals surface area (Å²) >= 11 is 0. The number of benzene rings is 1. The zero-order valence-electron chi connectivity index (χ0n) is 15.2. The first-order valence-electron chi connectivity index (χ1n) is 8.04. The third kappa shape index (κ3) is 7.18. The van der Waals surface area contributed by atoms with E-state index >= 15 is 0 Å². The largest absolute Gasteiger partial charge is 0.526 e. The molecule has 0 amide bonds. The Morgan fingerprint density at radius 2 is 1.76 bits per heavy atom. The molecule has 0 radical (unpaired) electrons. The van der Waals surface area contributed by atoms with Crippen LogP contribution in [0.2, 0.25) is 0 Å². The summed E-state index contributed by atoms with van der Waals surface area (Å²) in [6.45, 7) is 2.62. The number of ether oxygens (including phenoxy) is 1. The Morgan fingerprint density at radius 3 is 2.17 bits per heavy atom. The molecule has 0 unspecified atom stereocenters. The molecule has 0 saturated heterocycles. The highest BCUT2D eigenvalue weighted by atomic mass is 32.2. The summed E-state index contributed by atoms with van der Waals surface area (Å²) in [4.78, 5) is 51.4. The molecule has 2 atom stereocenters. The highest BCUT2D eigenvalue weighted by Gasteiger charge is 2.40. The first kappa shape index (κ1) is 24.7. The molecule has 1 aromatic rings. The minimum atomic E-state index is -5.24. The van der Waals surface area contributed by atoms with Gasteiger partial charge < -0.3 is 9.26 Å². The first-order chi connectivity index (χ1) is 13.3. The van der Waals surface area contributed by atoms with Gasteiger partial charge in [-0.15, -0.1) is 0 Å². The van der Waals surface area contributed by atoms with E-state index in [9.17, 15) is 32.7 Å². The average Bonchev–Trinajstić information content (AvgIpc) is 2.60. The Labute approximate surface area is 165 Å². The summed E-state index contributed by atoms with van der Waals surface area (Å²) in [5.74, 6) is -4.30. The topological polar surface area (TPSA) is 199 Å². The summed E-state index contributed by atoms with van der Waals surface area (Å²) in [6.07, 6.45) is -0.231. The van der Waals surface area contributed by atoms with Gasteiger partial charge in [-0.25, -0.2) is 13.0 Å². The second-order valence-corrected chi connectivity index (χ2v) is 8.40. The zero-order chi connectivity index (χ0) is 22.4. The summed E-state index contributed by atoms with van der Waals surface area (Å²) < 4.78 is 46.7. The minimum absolute atomic E-state index is 0.168. The maximum absolute atomic E-state index is 12.6. The molecular weight excluding hydrogens is 435 g/mol. The monoisotopic (exact) mass is 454 g/mol. The molecule has 162 valence electrons. The van der Waals surface area contributed by atoms with Crippen molar-refractivity contribution in [3.8, 4) is 0 Å². The van der Waals surface area contributed by atoms with Crippen molar-refractivity contribution in [2.24, 2.45) is 5.92 Å². The lowest BCUT2D eigenvalue weighted by Crippen LogP contribution is -2.49. The van der Waals surface area contributed by atoms with E-state index in [2.05, 4.69) is 4.52 Å². The average molecular weight is 454 g/mol. The molecule has 13 nitrogen and oxygen atoms in total. The molecule has 0 fully saturated rings. The van der Waals surface area contributed by atoms with E-state index in [-0.39, 0.29) is 18.7 Å². The number of hydrogen-bond acceptors (Lipinski definition) is 9. The molecule has 0 spiro atoms. The van der Waals surface area contributed by atoms with Crippen molar-refractivity contribution in [3.05, 3.63) is 34.4 Å². The van der Waals surface area contributed by atoms with Crippen LogP contribution >= 0.6 is 7.82 Å². The van der Waals surface area contributed by atoms with Crippen LogP contribution in [0.3, 0.4) is 0 Å². The lowest BCUT2D eigenvalue weighted by Gasteiger charge is -2.24. The van der Waals surface area contributed by atoms with Crippen molar-refractivity contribution in [1.29, 1.82) is 0 Å². The number of nitro benzene ring substituents is 1. The number of sulfonamides is 1. The molecule has 0 aliphatic rings. The fourth-order valence-corrected chi connectivity index (χ4v) is 3.83. The molecule has 0 aliphatic heterocycles. The van der Waals surface area contributed by atoms with Crippen LogP contribution in [-0.4, -0.2) is 47.7 Å². The number of phosphoric acid groups is 1. The Bertz CT molecular complexity index is 910. The van der Waals surface area contributed by atoms with E-state index in [0.29, 0.717) is 0 Å². The highest BCUT2D eigenvalue weighted by Crippen LogP contribution is 2.37. The second-order valence-electron chi connectivity index (χ2n) is 5.52. The molecule has 0 bridgehead atoms. The van der Waals surface area contributed by atoms with Gasteiger partial charge in [0, 0.05) is 12.1 Å². The molecule has 1 rings (SSSR count). The van der Waals surface area contributed by atoms with E-state index in [1.54, 1.807) is 0 Å². The standard InChI is InChI=1S/C14H19N2O11PS/c1-3-11(13(17)27-28(21,22)23)12(14(18)26-4-2)15-29(24,25)10-7-5-9(6-8-10)16(19)20/h5-8,11-12,15H,3-4H2,1-2H3,(H2,21,22,23)/t11-,12+/m1/s1. The van der Waals surface area contributed by atoms with Crippen LogP contribution in [-0.2, 0) is 33.4 Å². The molecule has 1 aromatic carbocycles. The van der Waals surface area contributed by atoms with Crippen LogP contribution in [0.15, 0.2) is 29.2 Å². The van der Waals surface area contributed by atoms with Crippen molar-refractivity contribution < 1.29 is 46.5 Å². The summed E-state index contributed by atoms with van der Waals surface area (Å²) in [7, 11) is -9.71. The summed E-state index contributed by atoms with van der Waals surface area (Å²) in [5.41, 5.74) is -0.373. The lowest BCUT2D eigenvalue weighted by atomic mass is 9.98. The minimum Gasteiger partial charge on any atom is -0.465 e. The number of hydrogen-bond donors (Lipinski definition) is 3. The number of phosphoric ester groups is 1. The number of carbonyl (C=O) groups is 2. The van der Waals surface area contributed by atoms with E-state index in [4.69, 9.17) is 14.5 Å². The van der Waals surface area contributed by atoms with Gasteiger partial charge in [0.25, 0.3) is 5.69 Å². The summed E-state index contributed by atoms with van der Waals surface area (Å²) in [5, 5.41) is 10.7. The normalized spacial score (nSPS) is 13.9. The van der Waals surface area contributed by atoms with Crippen LogP contribution in [0.25, 0.3) is 0 Å². The van der Waals surface area contributed by atoms with Crippen molar-refractivity contribution in [3.63, 3.8) is 0 Å². The van der Waals surface area contributed by atoms with Gasteiger partial charge in [-0.05, 0) is 25.5 Å². The van der Waals surface area contributed by atoms with Crippen molar-refractivity contribution in [2.45, 2.75) is 31.2 Å². The maximum Gasteiger partial charge on any atom is 0.526 e. The predicted molar refractivity (Wildman–Crippen MR) is 95.8 cm³/mol. The Balaban J connectivity index is 3.25. The van der Waals surface area contributed by atoms with Crippen molar-refractivity contribution >= 4 is 35.5 Å². The van der Waals surface area contributed by atoms with E-state index in [1.807, 2.05) is 4.72 Å². The number of nitrogens with zero attached hydrogens (tertiary/aromatic N) is 1. The van der Waals surface area contributed by atoms with Crippen LogP contribution in [0.4, 0.5) is 5.69 Å². The quantitative estimate of drug-likeness (QED) is 0.192. The molecule has 0 aliphatic carbocycles. The van der Waals surface area contributed by atoms with Crippen molar-refractivity contribution in [2.75, 3.05) is 6.61 Å². The van der Waals surface area contributed by atoms with Gasteiger partial charge in [0.1, 0.15) is 6.04 Å². The molecule has 3 N–H and O–H groups in total. The van der Waals surface area contributed by atoms with Gasteiger partial charge in [-0.2, -0.15) is 4.72 Å². The predicted octanol–water partition coefficient (Wildman–Crippen LogP) is 0.467. The fourth-order valence-electron chi connectivity index (χ4n) is 2.23. The Morgan fingerprint density at radius 1 is 1.21 bits per heavy atom. The molecule has 29 heavy (non-hydrogen) atoms. The maximum atomic E-state index is 12.6. The SMILES string of the molecule is CCOC(=O)[C@@H](NS(=O)(=O)c1ccc([N+](=O)[O-])cc1)[C@@H](CC)C(=O)OP(=O)(O)O. The first-order valence-corrected chi connectivity index (χ1v) is 11.1. The van der Waals surface area contributed by atoms with Crippen LogP contribution in [0.1, 0.15) is 20.3 Å². The third-order valence-corrected chi connectivity index (χ3v) is 5.41. The van der Waals surface area contributed by atoms with Gasteiger partial charge >= 0.3 is 19.8 Å². The fraction of sp³-hybridized carbons (Fsp3) is 0.429. The van der Waals surface area contributed by atoms with Gasteiger partial charge in [0.15, 0.2) is 0 Å². The van der Waals surface area contributed by atoms with Crippen molar-refractivity contribution in [1.82, 2.24) is 4.72 Å². The molecule has 0 aromatic heterocycles. The van der Waals surface area contributed by atoms with Gasteiger partial charge in [0.2, 0.25) is 10.0 Å². The number of rotatable bonds is 10. The molecule has 0 saturated carbocycles. The van der Waals surface area contributed by atoms with E-state index in [1.165, 1.54) is 13.8 Å². The van der Waals surface area contributed by atoms with Gasteiger partial charge in [-0.1, -0.05) is 6.92 Å². The number of nitro groups is 1. The Hall–Kier alpha value is -2.38. The van der Waals surface area contributed by atoms with Gasteiger partial charge in [-0.3, -0.25) is 29.5 Å². The number of carbonyl (C=O) groups excluding carboxylic acids is 2. The molecular formula is C14H19N2O11PS.